The molecule has 12 aromatic carbocycles. The van der Waals surface area contributed by atoms with Crippen molar-refractivity contribution in [2.24, 2.45) is 34.1 Å². The molecule has 0 atom stereocenters. The van der Waals surface area contributed by atoms with E-state index in [1.165, 1.54) is 192 Å². The largest absolute Gasteiger partial charge is 0.213 e. The quantitative estimate of drug-likeness (QED) is 0.0958. The van der Waals surface area contributed by atoms with Crippen LogP contribution in [0.3, 0.4) is 0 Å². The van der Waals surface area contributed by atoms with Crippen molar-refractivity contribution in [3.63, 3.8) is 0 Å². The first kappa shape index (κ1) is 75.2. The van der Waals surface area contributed by atoms with Crippen LogP contribution in [0.2, 0.25) is 0 Å². The van der Waals surface area contributed by atoms with Crippen LogP contribution >= 0.6 is 0 Å². The molecule has 4 heterocycles. The van der Waals surface area contributed by atoms with E-state index in [1.54, 1.807) is 0 Å². The van der Waals surface area contributed by atoms with Crippen LogP contribution in [-0.2, 0) is 34.6 Å². The molecule has 0 fully saturated rings. The van der Waals surface area contributed by atoms with Gasteiger partial charge in [-0.15, -0.1) is 0 Å². The molecule has 0 unspecified atom stereocenters. The molecular formula is C101H94F4N4+4. The molecule has 16 aromatic rings. The highest BCUT2D eigenvalue weighted by Crippen LogP contribution is 2.36. The fourth-order valence-corrected chi connectivity index (χ4v) is 15.0. The number of aromatic nitrogens is 4. The van der Waals surface area contributed by atoms with Crippen LogP contribution in [-0.4, -0.2) is 0 Å². The Hall–Kier alpha value is -12.0. The van der Waals surface area contributed by atoms with Gasteiger partial charge in [0.05, 0.1) is 0 Å². The Morgan fingerprint density at radius 3 is 0.991 bits per heavy atom. The molecule has 16 rings (SSSR count). The predicted octanol–water partition coefficient (Wildman–Crippen LogP) is 24.5. The molecule has 0 saturated heterocycles. The zero-order chi connectivity index (χ0) is 77.1. The number of fused-ring (bicyclic) bond motifs is 4. The molecule has 4 nitrogen and oxygen atoms in total. The molecule has 109 heavy (non-hydrogen) atoms. The van der Waals surface area contributed by atoms with E-state index < -0.39 is 0 Å². The number of halogens is 4. The summed E-state index contributed by atoms with van der Waals surface area (Å²) in [5.41, 5.74) is 31.3. The van der Waals surface area contributed by atoms with E-state index in [-0.39, 0.29) is 23.3 Å². The maximum absolute atomic E-state index is 13.5. The van der Waals surface area contributed by atoms with Gasteiger partial charge in [0.1, 0.15) is 51.5 Å². The minimum absolute atomic E-state index is 0.202. The van der Waals surface area contributed by atoms with Crippen molar-refractivity contribution in [3.05, 3.63) is 358 Å². The van der Waals surface area contributed by atoms with E-state index in [0.29, 0.717) is 5.92 Å². The summed E-state index contributed by atoms with van der Waals surface area (Å²) in [6.45, 7) is 23.9. The summed E-state index contributed by atoms with van der Waals surface area (Å²) < 4.78 is 61.9. The van der Waals surface area contributed by atoms with Gasteiger partial charge in [-0.05, 0) is 295 Å². The second-order valence-electron chi connectivity index (χ2n) is 30.0. The monoisotopic (exact) mass is 1440 g/mol. The Morgan fingerprint density at radius 1 is 0.257 bits per heavy atom. The second kappa shape index (κ2) is 32.2. The van der Waals surface area contributed by atoms with Crippen molar-refractivity contribution in [1.82, 2.24) is 0 Å². The highest BCUT2D eigenvalue weighted by molar-refractivity contribution is 5.93. The van der Waals surface area contributed by atoms with Crippen molar-refractivity contribution < 1.29 is 35.8 Å². The van der Waals surface area contributed by atoms with E-state index in [1.807, 2.05) is 48.5 Å². The molecule has 0 aliphatic heterocycles. The molecule has 0 spiro atoms. The Labute approximate surface area is 639 Å². The number of rotatable bonds is 10. The molecule has 0 aliphatic rings. The summed E-state index contributed by atoms with van der Waals surface area (Å²) in [4.78, 5) is 0. The molecule has 4 aromatic heterocycles. The third-order valence-corrected chi connectivity index (χ3v) is 21.2. The summed E-state index contributed by atoms with van der Waals surface area (Å²) >= 11 is 0. The van der Waals surface area contributed by atoms with Crippen LogP contribution in [0.25, 0.3) is 133 Å². The molecule has 0 amide bonds. The van der Waals surface area contributed by atoms with Gasteiger partial charge in [0, 0.05) is 68.1 Å². The lowest BCUT2D eigenvalue weighted by atomic mass is 9.91. The van der Waals surface area contributed by atoms with Crippen LogP contribution < -0.4 is 18.3 Å². The SMILES string of the molecule is Cc1cc(C)c(C)c(-c2cc3cc(-c4ccc(F)cc4)cc(CC(C)C)c3c[n+]2C)c1.Cc1cc(C)c(C)c(-c2cc3cc(-c4ccc(F)cc4)ccc3c[n+]2C)c1.Cc1ccc(C)c(-c2cc3cc(-c4ccc(F)cc4)ccc3c[n+]2C)c1.Cc1ccccc1-c1cc2cc(-c3ccc(F)cc3)ccc2c[n+]1C. The van der Waals surface area contributed by atoms with E-state index in [2.05, 4.69) is 305 Å². The number of nitrogens with zero attached hydrogens (tertiary/aromatic N) is 4. The van der Waals surface area contributed by atoms with Gasteiger partial charge in [-0.3, -0.25) is 0 Å². The number of hydrogen-bond acceptors (Lipinski definition) is 0. The van der Waals surface area contributed by atoms with Gasteiger partial charge >= 0.3 is 0 Å². The number of pyridine rings is 4. The van der Waals surface area contributed by atoms with Crippen molar-refractivity contribution in [3.8, 4) is 89.5 Å². The molecule has 8 heteroatoms. The smallest absolute Gasteiger partial charge is 0.207 e. The van der Waals surface area contributed by atoms with Gasteiger partial charge in [-0.1, -0.05) is 146 Å². The second-order valence-corrected chi connectivity index (χ2v) is 30.0. The minimum atomic E-state index is -0.210. The predicted molar refractivity (Wildman–Crippen MR) is 445 cm³/mol. The van der Waals surface area contributed by atoms with Gasteiger partial charge in [-0.2, -0.15) is 0 Å². The third-order valence-electron chi connectivity index (χ3n) is 21.2. The van der Waals surface area contributed by atoms with Crippen LogP contribution in [0.1, 0.15) is 69.5 Å². The highest BCUT2D eigenvalue weighted by Gasteiger charge is 2.22. The number of hydrogen-bond donors (Lipinski definition) is 0. The summed E-state index contributed by atoms with van der Waals surface area (Å²) in [6.07, 6.45) is 9.78. The first-order chi connectivity index (χ1) is 52.3. The fourth-order valence-electron chi connectivity index (χ4n) is 15.0. The van der Waals surface area contributed by atoms with Crippen LogP contribution in [0, 0.1) is 91.5 Å². The van der Waals surface area contributed by atoms with Crippen molar-refractivity contribution >= 4 is 43.1 Å². The van der Waals surface area contributed by atoms with Crippen molar-refractivity contribution in [2.75, 3.05) is 0 Å². The van der Waals surface area contributed by atoms with E-state index in [0.717, 1.165) is 50.9 Å². The summed E-state index contributed by atoms with van der Waals surface area (Å²) in [7, 11) is 8.40. The summed E-state index contributed by atoms with van der Waals surface area (Å²) in [5.74, 6) is -0.277. The molecule has 0 aliphatic carbocycles. The van der Waals surface area contributed by atoms with Crippen molar-refractivity contribution in [2.45, 2.75) is 82.6 Å². The molecule has 0 N–H and O–H groups in total. The first-order valence-electron chi connectivity index (χ1n) is 37.4. The lowest BCUT2D eigenvalue weighted by molar-refractivity contribution is -0.659. The van der Waals surface area contributed by atoms with E-state index in [9.17, 15) is 17.6 Å². The molecule has 0 bridgehead atoms. The molecule has 542 valence electrons. The summed E-state index contributed by atoms with van der Waals surface area (Å²) in [5, 5.41) is 9.62. The zero-order valence-electron chi connectivity index (χ0n) is 65.1. The normalized spacial score (nSPS) is 11.2. The standard InChI is InChI=1S/C29H31FN.C25H23FN.C24H21FN.C23H19FN/c1-18(2)11-24-14-23(22-7-9-26(30)10-8-22)15-25-16-29(31(6)17-28(24)25)27-13-19(3)12-20(4)21(27)5;1-16-11-17(2)18(3)24(12-16)25-14-22-13-20(5-6-21(22)15-27(25)4)19-7-9-23(26)10-8-19;1-16-4-5-17(2)23(12-16)24-14-21-13-19(6-7-20(21)15-26(24)3)18-8-10-22(25)11-9-18;1-16-5-3-4-6-22(16)23-14-20-13-18(7-8-19(20)15-25(23)2)17-9-11-21(24)12-10-17/h7-10,12-18H,11H2,1-6H3;5-15H,1-4H3;4-15H,1-3H3;3-15H,1-2H3/q4*+1. The van der Waals surface area contributed by atoms with Gasteiger partial charge in [0.15, 0.2) is 24.8 Å². The van der Waals surface area contributed by atoms with Gasteiger partial charge in [0.25, 0.3) is 0 Å². The van der Waals surface area contributed by atoms with Crippen LogP contribution in [0.4, 0.5) is 17.6 Å². The summed E-state index contributed by atoms with van der Waals surface area (Å²) in [6, 6.07) is 83.5. The first-order valence-corrected chi connectivity index (χ1v) is 37.4. The third kappa shape index (κ3) is 17.1. The molecule has 0 saturated carbocycles. The molecule has 0 radical (unpaired) electrons. The Morgan fingerprint density at radius 2 is 0.587 bits per heavy atom. The van der Waals surface area contributed by atoms with Gasteiger partial charge in [0.2, 0.25) is 22.8 Å². The Kier molecular flexibility index (Phi) is 22.2. The van der Waals surface area contributed by atoms with Crippen molar-refractivity contribution in [1.29, 1.82) is 0 Å². The van der Waals surface area contributed by atoms with E-state index in [4.69, 9.17) is 0 Å². The highest BCUT2D eigenvalue weighted by atomic mass is 19.1. The maximum Gasteiger partial charge on any atom is 0.213 e. The molecular weight excluding hydrogens is 1350 g/mol. The van der Waals surface area contributed by atoms with Gasteiger partial charge in [-0.25, -0.2) is 35.8 Å². The average Bonchev–Trinajstić information content (AvgIpc) is 0.782. The lowest BCUT2D eigenvalue weighted by Gasteiger charge is -2.14. The fraction of sp³-hybridized carbons (Fsp3) is 0.168. The topological polar surface area (TPSA) is 15.5 Å². The maximum atomic E-state index is 13.5. The average molecular weight is 1440 g/mol. The Bertz CT molecular complexity index is 6100. The minimum Gasteiger partial charge on any atom is -0.207 e. The van der Waals surface area contributed by atoms with E-state index >= 15 is 0 Å². The van der Waals surface area contributed by atoms with Crippen LogP contribution in [0.5, 0.6) is 0 Å². The zero-order valence-corrected chi connectivity index (χ0v) is 65.1. The Balaban J connectivity index is 0.000000128. The lowest BCUT2D eigenvalue weighted by Crippen LogP contribution is -2.31. The van der Waals surface area contributed by atoms with Gasteiger partial charge < -0.3 is 0 Å². The number of aryl methyl sites for hydroxylation is 11. The number of benzene rings is 12. The van der Waals surface area contributed by atoms with Crippen LogP contribution in [0.15, 0.2) is 280 Å².